The highest BCUT2D eigenvalue weighted by molar-refractivity contribution is 5.84. The van der Waals surface area contributed by atoms with E-state index in [2.05, 4.69) is 24.8 Å². The van der Waals surface area contributed by atoms with Crippen LogP contribution in [-0.4, -0.2) is 67.9 Å². The third-order valence-corrected chi connectivity index (χ3v) is 6.40. The fourth-order valence-corrected chi connectivity index (χ4v) is 4.44. The Hall–Kier alpha value is -3.89. The summed E-state index contributed by atoms with van der Waals surface area (Å²) in [7, 11) is 0. The second-order valence-corrected chi connectivity index (χ2v) is 8.97. The molecule has 1 aromatic carbocycles. The second kappa shape index (κ2) is 10.4. The van der Waals surface area contributed by atoms with Crippen molar-refractivity contribution in [3.63, 3.8) is 0 Å². The van der Waals surface area contributed by atoms with Crippen LogP contribution in [0.2, 0.25) is 0 Å². The summed E-state index contributed by atoms with van der Waals surface area (Å²) < 4.78 is 20.6. The van der Waals surface area contributed by atoms with Gasteiger partial charge in [-0.05, 0) is 48.7 Å². The third kappa shape index (κ3) is 5.19. The number of aromatic amines is 1. The molecule has 9 nitrogen and oxygen atoms in total. The number of aryl methyl sites for hydroxylation is 1. The first-order valence-electron chi connectivity index (χ1n) is 11.9. The van der Waals surface area contributed by atoms with Gasteiger partial charge in [-0.2, -0.15) is 0 Å². The Bertz CT molecular complexity index is 1350. The quantitative estimate of drug-likeness (QED) is 0.410. The molecule has 1 saturated heterocycles. The lowest BCUT2D eigenvalue weighted by Gasteiger charge is -2.35. The van der Waals surface area contributed by atoms with Crippen molar-refractivity contribution in [3.05, 3.63) is 77.8 Å². The summed E-state index contributed by atoms with van der Waals surface area (Å²) in [5, 5.41) is 0.703. The number of halogens is 1. The Morgan fingerprint density at radius 3 is 2.75 bits per heavy atom. The van der Waals surface area contributed by atoms with E-state index in [1.807, 2.05) is 25.1 Å². The Balaban J connectivity index is 1.17. The van der Waals surface area contributed by atoms with Crippen molar-refractivity contribution in [3.8, 4) is 11.6 Å². The molecule has 0 aliphatic carbocycles. The number of nitrogens with zero attached hydrogens (tertiary/aromatic N) is 5. The largest absolute Gasteiger partial charge is 0.435 e. The van der Waals surface area contributed by atoms with Gasteiger partial charge < -0.3 is 20.4 Å². The van der Waals surface area contributed by atoms with Crippen LogP contribution in [-0.2, 0) is 17.8 Å². The fraction of sp³-hybridized carbons (Fsp3) is 0.308. The van der Waals surface area contributed by atoms with E-state index in [4.69, 9.17) is 10.5 Å². The number of hydrogen-bond donors (Lipinski definition) is 2. The Morgan fingerprint density at radius 1 is 1.17 bits per heavy atom. The molecule has 1 aliphatic rings. The monoisotopic (exact) mass is 489 g/mol. The number of nitrogens with two attached hydrogens (primary N) is 1. The highest BCUT2D eigenvalue weighted by Crippen LogP contribution is 2.30. The van der Waals surface area contributed by atoms with E-state index in [1.165, 1.54) is 18.5 Å². The van der Waals surface area contributed by atoms with Crippen molar-refractivity contribution >= 4 is 16.9 Å². The molecule has 1 unspecified atom stereocenters. The normalized spacial score (nSPS) is 15.2. The van der Waals surface area contributed by atoms with E-state index >= 15 is 0 Å². The number of carbonyl (C=O) groups is 1. The number of carbonyl (C=O) groups excluding carboxylic acids is 1. The van der Waals surface area contributed by atoms with Crippen LogP contribution in [0.4, 0.5) is 4.39 Å². The smallest absolute Gasteiger partial charge is 0.239 e. The molecule has 1 fully saturated rings. The van der Waals surface area contributed by atoms with Gasteiger partial charge in [0.05, 0.1) is 17.1 Å². The number of benzene rings is 1. The highest BCUT2D eigenvalue weighted by Gasteiger charge is 2.26. The molecule has 5 rings (SSSR count). The summed E-state index contributed by atoms with van der Waals surface area (Å²) in [6.45, 7) is 5.37. The first-order valence-corrected chi connectivity index (χ1v) is 11.9. The van der Waals surface area contributed by atoms with Crippen LogP contribution in [0.15, 0.2) is 55.1 Å². The molecule has 1 atom stereocenters. The van der Waals surface area contributed by atoms with E-state index in [0.717, 1.165) is 30.9 Å². The van der Waals surface area contributed by atoms with Gasteiger partial charge in [0.25, 0.3) is 0 Å². The maximum atomic E-state index is 14.9. The maximum absolute atomic E-state index is 14.9. The highest BCUT2D eigenvalue weighted by atomic mass is 19.1. The third-order valence-electron chi connectivity index (χ3n) is 6.40. The van der Waals surface area contributed by atoms with E-state index in [0.29, 0.717) is 29.7 Å². The summed E-state index contributed by atoms with van der Waals surface area (Å²) in [4.78, 5) is 32.7. The van der Waals surface area contributed by atoms with Crippen molar-refractivity contribution in [1.29, 1.82) is 0 Å². The number of ether oxygens (including phenoxy) is 1. The van der Waals surface area contributed by atoms with Crippen molar-refractivity contribution in [2.45, 2.75) is 25.9 Å². The lowest BCUT2D eigenvalue weighted by atomic mass is 10.0. The Morgan fingerprint density at radius 2 is 2.00 bits per heavy atom. The van der Waals surface area contributed by atoms with Crippen molar-refractivity contribution < 1.29 is 13.9 Å². The van der Waals surface area contributed by atoms with Gasteiger partial charge in [-0.25, -0.2) is 14.4 Å². The van der Waals surface area contributed by atoms with Gasteiger partial charge in [0.2, 0.25) is 11.8 Å². The summed E-state index contributed by atoms with van der Waals surface area (Å²) >= 11 is 0. The van der Waals surface area contributed by atoms with Gasteiger partial charge in [-0.15, -0.1) is 0 Å². The number of piperazine rings is 1. The zero-order chi connectivity index (χ0) is 25.1. The van der Waals surface area contributed by atoms with Gasteiger partial charge in [-0.3, -0.25) is 14.7 Å². The summed E-state index contributed by atoms with van der Waals surface area (Å²) in [5.41, 5.74) is 9.39. The van der Waals surface area contributed by atoms with Gasteiger partial charge in [0, 0.05) is 45.1 Å². The predicted octanol–water partition coefficient (Wildman–Crippen LogP) is 2.81. The van der Waals surface area contributed by atoms with Gasteiger partial charge in [-0.1, -0.05) is 12.1 Å². The first-order chi connectivity index (χ1) is 17.5. The molecule has 186 valence electrons. The molecule has 1 amide bonds. The molecule has 4 aromatic rings. The minimum absolute atomic E-state index is 0.0447. The number of aromatic nitrogens is 4. The van der Waals surface area contributed by atoms with Crippen LogP contribution in [0.5, 0.6) is 11.6 Å². The number of pyridine rings is 1. The minimum atomic E-state index is -0.748. The van der Waals surface area contributed by atoms with Crippen LogP contribution < -0.4 is 10.5 Å². The van der Waals surface area contributed by atoms with E-state index in [-0.39, 0.29) is 24.0 Å². The Kier molecular flexibility index (Phi) is 6.88. The number of H-pyrrole nitrogens is 1. The van der Waals surface area contributed by atoms with Crippen LogP contribution in [0, 0.1) is 12.7 Å². The molecule has 0 spiro atoms. The lowest BCUT2D eigenvalue weighted by molar-refractivity contribution is -0.134. The number of fused-ring (bicyclic) bond motifs is 1. The van der Waals surface area contributed by atoms with Crippen LogP contribution in [0.1, 0.15) is 16.8 Å². The molecule has 3 aromatic heterocycles. The molecule has 36 heavy (non-hydrogen) atoms. The summed E-state index contributed by atoms with van der Waals surface area (Å²) in [6.07, 6.45) is 5.18. The standard InChI is InChI=1S/C26H28FN7O2/c1-17-14-30-24-23(17)25(32-16-31-24)36-22-6-5-18(12-20(22)27)13-21(28)26(35)34-10-8-33(9-11-34)15-19-4-2-3-7-29-19/h2-7,12,14,16,21H,8-11,13,15,28H2,1H3,(H,30,31,32). The van der Waals surface area contributed by atoms with Crippen LogP contribution in [0.25, 0.3) is 11.0 Å². The van der Waals surface area contributed by atoms with Gasteiger partial charge >= 0.3 is 0 Å². The lowest BCUT2D eigenvalue weighted by Crippen LogP contribution is -2.53. The molecule has 3 N–H and O–H groups in total. The maximum Gasteiger partial charge on any atom is 0.239 e. The van der Waals surface area contributed by atoms with Crippen molar-refractivity contribution in [2.75, 3.05) is 26.2 Å². The van der Waals surface area contributed by atoms with Crippen LogP contribution >= 0.6 is 0 Å². The van der Waals surface area contributed by atoms with Crippen LogP contribution in [0.3, 0.4) is 0 Å². The SMILES string of the molecule is Cc1c[nH]c2ncnc(Oc3ccc(CC(N)C(=O)N4CCN(Cc5ccccn5)CC4)cc3F)c12. The zero-order valence-corrected chi connectivity index (χ0v) is 20.0. The van der Waals surface area contributed by atoms with E-state index in [9.17, 15) is 9.18 Å². The molecule has 0 saturated carbocycles. The molecule has 10 heteroatoms. The Labute approximate surface area is 208 Å². The van der Waals surface area contributed by atoms with E-state index in [1.54, 1.807) is 23.4 Å². The topological polar surface area (TPSA) is 113 Å². The van der Waals surface area contributed by atoms with E-state index < -0.39 is 11.9 Å². The molecule has 0 bridgehead atoms. The molecule has 4 heterocycles. The second-order valence-electron chi connectivity index (χ2n) is 8.97. The number of hydrogen-bond acceptors (Lipinski definition) is 7. The van der Waals surface area contributed by atoms with Crippen molar-refractivity contribution in [1.82, 2.24) is 29.7 Å². The number of amides is 1. The zero-order valence-electron chi connectivity index (χ0n) is 20.0. The summed E-state index contributed by atoms with van der Waals surface area (Å²) in [6, 6.07) is 9.73. The predicted molar refractivity (Wildman–Crippen MR) is 133 cm³/mol. The average molecular weight is 490 g/mol. The van der Waals surface area contributed by atoms with Gasteiger partial charge in [0.1, 0.15) is 12.0 Å². The molecule has 1 aliphatic heterocycles. The average Bonchev–Trinajstić information content (AvgIpc) is 3.28. The first kappa shape index (κ1) is 23.8. The summed E-state index contributed by atoms with van der Waals surface area (Å²) in [5.74, 6) is -0.350. The molecule has 0 radical (unpaired) electrons. The fourth-order valence-electron chi connectivity index (χ4n) is 4.44. The number of nitrogens with one attached hydrogen (secondary N) is 1. The minimum Gasteiger partial charge on any atom is -0.435 e. The van der Waals surface area contributed by atoms with Crippen molar-refractivity contribution in [2.24, 2.45) is 5.73 Å². The number of rotatable bonds is 7. The molecular weight excluding hydrogens is 461 g/mol. The molecular formula is C26H28FN7O2. The van der Waals surface area contributed by atoms with Gasteiger partial charge in [0.15, 0.2) is 11.6 Å².